The number of anilines is 1. The second-order valence-electron chi connectivity index (χ2n) is 8.78. The molecule has 3 rings (SSSR count). The van der Waals surface area contributed by atoms with Crippen molar-refractivity contribution in [2.75, 3.05) is 24.5 Å². The van der Waals surface area contributed by atoms with E-state index in [9.17, 15) is 9.59 Å². The minimum atomic E-state index is -0.485. The van der Waals surface area contributed by atoms with Gasteiger partial charge in [-0.15, -0.1) is 0 Å². The molecule has 0 spiro atoms. The number of benzene rings is 1. The van der Waals surface area contributed by atoms with Gasteiger partial charge in [0.2, 0.25) is 0 Å². The average molecular weight is 388 g/mol. The molecule has 6 heteroatoms. The van der Waals surface area contributed by atoms with E-state index in [1.165, 1.54) is 0 Å². The van der Waals surface area contributed by atoms with Crippen molar-refractivity contribution in [3.63, 3.8) is 0 Å². The highest BCUT2D eigenvalue weighted by molar-refractivity contribution is 5.94. The van der Waals surface area contributed by atoms with Crippen molar-refractivity contribution in [3.05, 3.63) is 30.3 Å². The van der Waals surface area contributed by atoms with Crippen molar-refractivity contribution in [2.45, 2.75) is 71.1 Å². The Morgan fingerprint density at radius 1 is 1.14 bits per heavy atom. The third kappa shape index (κ3) is 4.59. The van der Waals surface area contributed by atoms with E-state index in [2.05, 4.69) is 11.8 Å². The summed E-state index contributed by atoms with van der Waals surface area (Å²) in [7, 11) is 0. The molecular weight excluding hydrogens is 354 g/mol. The molecule has 2 saturated heterocycles. The van der Waals surface area contributed by atoms with Gasteiger partial charge < -0.3 is 14.5 Å². The zero-order valence-electron chi connectivity index (χ0n) is 17.6. The topological polar surface area (TPSA) is 53.1 Å². The molecule has 0 saturated carbocycles. The fourth-order valence-electron chi connectivity index (χ4n) is 4.17. The quantitative estimate of drug-likeness (QED) is 0.764. The van der Waals surface area contributed by atoms with Crippen LogP contribution in [0.15, 0.2) is 30.3 Å². The van der Waals surface area contributed by atoms with Gasteiger partial charge in [0.05, 0.1) is 6.04 Å². The smallest absolute Gasteiger partial charge is 0.410 e. The number of ether oxygens (including phenoxy) is 1. The van der Waals surface area contributed by atoms with Crippen molar-refractivity contribution in [3.8, 4) is 0 Å². The predicted octanol–water partition coefficient (Wildman–Crippen LogP) is 4.50. The molecule has 2 heterocycles. The number of hydrogen-bond donors (Lipinski definition) is 0. The van der Waals surface area contributed by atoms with Gasteiger partial charge in [0, 0.05) is 31.4 Å². The standard InChI is InChI=1S/C22H33N3O3/c1-5-9-19-16-24(17-10-7-6-8-11-17)20(26)25(19)18-12-14-23(15-13-18)21(27)28-22(2,3)4/h6-8,10-11,18-19H,5,9,12-16H2,1-4H3/t19-/m1/s1. The van der Waals surface area contributed by atoms with E-state index >= 15 is 0 Å². The van der Waals surface area contributed by atoms with Crippen molar-refractivity contribution in [2.24, 2.45) is 0 Å². The molecular formula is C22H33N3O3. The monoisotopic (exact) mass is 387 g/mol. The van der Waals surface area contributed by atoms with Crippen LogP contribution in [0.5, 0.6) is 0 Å². The summed E-state index contributed by atoms with van der Waals surface area (Å²) in [5, 5.41) is 0. The first kappa shape index (κ1) is 20.5. The number of hydrogen-bond acceptors (Lipinski definition) is 3. The number of urea groups is 1. The SMILES string of the molecule is CCC[C@@H]1CN(c2ccccc2)C(=O)N1C1CCN(C(=O)OC(C)(C)C)CC1. The fraction of sp³-hybridized carbons (Fsp3) is 0.636. The van der Waals surface area contributed by atoms with Gasteiger partial charge in [0.1, 0.15) is 5.60 Å². The summed E-state index contributed by atoms with van der Waals surface area (Å²) >= 11 is 0. The Morgan fingerprint density at radius 2 is 1.79 bits per heavy atom. The molecule has 1 aromatic carbocycles. The summed E-state index contributed by atoms with van der Waals surface area (Å²) in [5.74, 6) is 0. The molecule has 0 radical (unpaired) electrons. The Bertz CT molecular complexity index is 678. The van der Waals surface area contributed by atoms with E-state index in [1.54, 1.807) is 4.90 Å². The Hall–Kier alpha value is -2.24. The number of para-hydroxylation sites is 1. The number of rotatable bonds is 4. The minimum Gasteiger partial charge on any atom is -0.444 e. The van der Waals surface area contributed by atoms with Gasteiger partial charge in [0.25, 0.3) is 0 Å². The van der Waals surface area contributed by atoms with Crippen LogP contribution in [0.25, 0.3) is 0 Å². The summed E-state index contributed by atoms with van der Waals surface area (Å²) in [5.41, 5.74) is 0.476. The third-order valence-electron chi connectivity index (χ3n) is 5.44. The largest absolute Gasteiger partial charge is 0.444 e. The first-order valence-corrected chi connectivity index (χ1v) is 10.4. The van der Waals surface area contributed by atoms with E-state index in [0.717, 1.165) is 37.9 Å². The van der Waals surface area contributed by atoms with Crippen LogP contribution in [0, 0.1) is 0 Å². The van der Waals surface area contributed by atoms with Crippen molar-refractivity contribution in [1.82, 2.24) is 9.80 Å². The zero-order valence-corrected chi connectivity index (χ0v) is 17.6. The molecule has 2 aliphatic rings. The van der Waals surface area contributed by atoms with Crippen molar-refractivity contribution < 1.29 is 14.3 Å². The molecule has 2 aliphatic heterocycles. The molecule has 1 atom stereocenters. The van der Waals surface area contributed by atoms with Gasteiger partial charge in [-0.2, -0.15) is 0 Å². The predicted molar refractivity (Wildman–Crippen MR) is 111 cm³/mol. The molecule has 28 heavy (non-hydrogen) atoms. The van der Waals surface area contributed by atoms with Crippen LogP contribution in [-0.4, -0.2) is 59.2 Å². The van der Waals surface area contributed by atoms with Crippen LogP contribution >= 0.6 is 0 Å². The summed E-state index contributed by atoms with van der Waals surface area (Å²) in [6.07, 6.45) is 3.39. The molecule has 0 bridgehead atoms. The Balaban J connectivity index is 1.66. The first-order chi connectivity index (χ1) is 13.3. The third-order valence-corrected chi connectivity index (χ3v) is 5.44. The lowest BCUT2D eigenvalue weighted by atomic mass is 10.0. The number of carbonyl (C=O) groups excluding carboxylic acids is 2. The lowest BCUT2D eigenvalue weighted by molar-refractivity contribution is 0.0157. The number of piperidine rings is 1. The van der Waals surface area contributed by atoms with Gasteiger partial charge >= 0.3 is 12.1 Å². The van der Waals surface area contributed by atoms with Crippen LogP contribution in [0.2, 0.25) is 0 Å². The van der Waals surface area contributed by atoms with Gasteiger partial charge in [0.15, 0.2) is 0 Å². The molecule has 1 aromatic rings. The van der Waals surface area contributed by atoms with Crippen molar-refractivity contribution >= 4 is 17.8 Å². The summed E-state index contributed by atoms with van der Waals surface area (Å²) in [4.78, 5) is 31.3. The van der Waals surface area contributed by atoms with Crippen LogP contribution in [-0.2, 0) is 4.74 Å². The average Bonchev–Trinajstić information content (AvgIpc) is 2.98. The maximum Gasteiger partial charge on any atom is 0.410 e. The van der Waals surface area contributed by atoms with Gasteiger partial charge in [-0.25, -0.2) is 9.59 Å². The van der Waals surface area contributed by atoms with Crippen LogP contribution in [0.4, 0.5) is 15.3 Å². The van der Waals surface area contributed by atoms with E-state index in [-0.39, 0.29) is 24.2 Å². The van der Waals surface area contributed by atoms with Gasteiger partial charge in [-0.05, 0) is 52.2 Å². The summed E-state index contributed by atoms with van der Waals surface area (Å²) < 4.78 is 5.49. The first-order valence-electron chi connectivity index (χ1n) is 10.4. The number of amides is 3. The number of likely N-dealkylation sites (tertiary alicyclic amines) is 1. The maximum absolute atomic E-state index is 13.2. The number of carbonyl (C=O) groups is 2. The van der Waals surface area contributed by atoms with Crippen LogP contribution in [0.3, 0.4) is 0 Å². The highest BCUT2D eigenvalue weighted by atomic mass is 16.6. The molecule has 2 fully saturated rings. The fourth-order valence-corrected chi connectivity index (χ4v) is 4.17. The summed E-state index contributed by atoms with van der Waals surface area (Å²) in [6.45, 7) is 9.82. The lowest BCUT2D eigenvalue weighted by Crippen LogP contribution is -2.51. The second-order valence-corrected chi connectivity index (χ2v) is 8.78. The van der Waals surface area contributed by atoms with Gasteiger partial charge in [-0.3, -0.25) is 4.90 Å². The second kappa shape index (κ2) is 8.41. The van der Waals surface area contributed by atoms with Crippen LogP contribution < -0.4 is 4.90 Å². The van der Waals surface area contributed by atoms with Gasteiger partial charge in [-0.1, -0.05) is 31.5 Å². The maximum atomic E-state index is 13.2. The molecule has 0 N–H and O–H groups in total. The molecule has 154 valence electrons. The van der Waals surface area contributed by atoms with E-state index in [0.29, 0.717) is 13.1 Å². The van der Waals surface area contributed by atoms with E-state index in [1.807, 2.05) is 56.0 Å². The molecule has 0 aromatic heterocycles. The summed E-state index contributed by atoms with van der Waals surface area (Å²) in [6, 6.07) is 10.4. The molecule has 0 unspecified atom stereocenters. The zero-order chi connectivity index (χ0) is 20.3. The molecule has 3 amide bonds. The van der Waals surface area contributed by atoms with E-state index < -0.39 is 5.60 Å². The number of nitrogens with zero attached hydrogens (tertiary/aromatic N) is 3. The highest BCUT2D eigenvalue weighted by Gasteiger charge is 2.42. The van der Waals surface area contributed by atoms with E-state index in [4.69, 9.17) is 4.74 Å². The normalized spacial score (nSPS) is 21.4. The molecule has 6 nitrogen and oxygen atoms in total. The lowest BCUT2D eigenvalue weighted by Gasteiger charge is -2.39. The Kier molecular flexibility index (Phi) is 6.16. The minimum absolute atomic E-state index is 0.0976. The Morgan fingerprint density at radius 3 is 2.36 bits per heavy atom. The van der Waals surface area contributed by atoms with Crippen molar-refractivity contribution in [1.29, 1.82) is 0 Å². The van der Waals surface area contributed by atoms with Crippen LogP contribution in [0.1, 0.15) is 53.4 Å². The molecule has 0 aliphatic carbocycles. The Labute approximate surface area is 168 Å². The highest BCUT2D eigenvalue weighted by Crippen LogP contribution is 2.31.